The Morgan fingerprint density at radius 3 is 1.20 bits per heavy atom. The normalized spacial score (nSPS) is 8.00. The van der Waals surface area contributed by atoms with Crippen molar-refractivity contribution in [2.45, 2.75) is 32.8 Å². The molecule has 0 bridgehead atoms. The van der Waals surface area contributed by atoms with Crippen LogP contribution in [0, 0.1) is 0 Å². The van der Waals surface area contributed by atoms with Gasteiger partial charge in [0.15, 0.2) is 0 Å². The summed E-state index contributed by atoms with van der Waals surface area (Å²) in [6.07, 6.45) is -1.86. The largest absolute Gasteiger partial charge is 0.503 e. The number of carbonyl (C=O) groups is 2. The summed E-state index contributed by atoms with van der Waals surface area (Å²) >= 11 is 0. The lowest BCUT2D eigenvalue weighted by Crippen LogP contribution is -2.05. The summed E-state index contributed by atoms with van der Waals surface area (Å²) in [7, 11) is 0. The lowest BCUT2D eigenvalue weighted by atomic mass is 10.2. The van der Waals surface area contributed by atoms with Gasteiger partial charge in [0.2, 0.25) is 0 Å². The second-order valence-corrected chi connectivity index (χ2v) is 2.11. The van der Waals surface area contributed by atoms with Crippen LogP contribution < -0.4 is 0 Å². The number of carboxylic acid groups (broad SMARTS) is 4. The fraction of sp³-hybridized carbons (Fsp3) is 0.714. The van der Waals surface area contributed by atoms with Gasteiger partial charge in [-0.15, -0.1) is 0 Å². The van der Waals surface area contributed by atoms with Crippen molar-refractivity contribution < 1.29 is 40.2 Å². The van der Waals surface area contributed by atoms with E-state index in [9.17, 15) is 0 Å². The molecule has 0 unspecified atom stereocenters. The quantitative estimate of drug-likeness (QED) is 0.364. The average molecular weight is 228 g/mol. The Balaban J connectivity index is -0.000000155. The summed E-state index contributed by atoms with van der Waals surface area (Å²) < 4.78 is 0. The van der Waals surface area contributed by atoms with Gasteiger partial charge in [-0.25, -0.2) is 14.5 Å². The van der Waals surface area contributed by atoms with E-state index in [2.05, 4.69) is 4.89 Å². The molecule has 0 heterocycles. The molecule has 0 aliphatic carbocycles. The highest BCUT2D eigenvalue weighted by Crippen LogP contribution is 1.98. The van der Waals surface area contributed by atoms with E-state index >= 15 is 0 Å². The molecule has 0 amide bonds. The minimum Gasteiger partial charge on any atom is -0.450 e. The van der Waals surface area contributed by atoms with Crippen LogP contribution in [0.15, 0.2) is 0 Å². The molecule has 0 fully saturated rings. The Morgan fingerprint density at radius 1 is 1.00 bits per heavy atom. The van der Waals surface area contributed by atoms with Crippen LogP contribution in [0.2, 0.25) is 0 Å². The van der Waals surface area contributed by atoms with E-state index in [0.717, 1.165) is 12.8 Å². The van der Waals surface area contributed by atoms with Crippen LogP contribution in [0.3, 0.4) is 0 Å². The molecule has 5 N–H and O–H groups in total. The van der Waals surface area contributed by atoms with Crippen molar-refractivity contribution in [3.63, 3.8) is 0 Å². The Morgan fingerprint density at radius 2 is 1.20 bits per heavy atom. The van der Waals surface area contributed by atoms with Crippen molar-refractivity contribution in [1.82, 2.24) is 0 Å². The van der Waals surface area contributed by atoms with Crippen LogP contribution in [0.1, 0.15) is 26.7 Å². The lowest BCUT2D eigenvalue weighted by Gasteiger charge is -2.04. The van der Waals surface area contributed by atoms with Crippen LogP contribution in [-0.2, 0) is 4.89 Å². The Hall–Kier alpha value is -1.54. The van der Waals surface area contributed by atoms with Crippen LogP contribution >= 0.6 is 0 Å². The van der Waals surface area contributed by atoms with Crippen LogP contribution in [-0.4, -0.2) is 44.1 Å². The number of hydrogen-bond acceptors (Lipinski definition) is 4. The molecule has 0 aromatic rings. The summed E-state index contributed by atoms with van der Waals surface area (Å²) in [6.45, 7) is 3.95. The van der Waals surface area contributed by atoms with Gasteiger partial charge in [0.25, 0.3) is 0 Å². The van der Waals surface area contributed by atoms with E-state index in [4.69, 9.17) is 35.3 Å². The maximum absolute atomic E-state index is 8.56. The van der Waals surface area contributed by atoms with E-state index in [1.807, 2.05) is 13.8 Å². The van der Waals surface area contributed by atoms with Gasteiger partial charge in [0, 0.05) is 0 Å². The van der Waals surface area contributed by atoms with Crippen molar-refractivity contribution in [2.24, 2.45) is 0 Å². The van der Waals surface area contributed by atoms with Crippen LogP contribution in [0.5, 0.6) is 0 Å². The molecule has 0 radical (unpaired) electrons. The molecule has 0 saturated carbocycles. The minimum atomic E-state index is -1.83. The predicted molar refractivity (Wildman–Crippen MR) is 49.4 cm³/mol. The molecule has 0 aromatic carbocycles. The van der Waals surface area contributed by atoms with Gasteiger partial charge in [-0.2, -0.15) is 0 Å². The van der Waals surface area contributed by atoms with Crippen molar-refractivity contribution in [3.8, 4) is 0 Å². The summed E-state index contributed by atoms with van der Waals surface area (Å²) in [6, 6.07) is 0. The standard InChI is InChI=1S/C5H12O2.2CH2O3/c1-3-5(4-2)7-6;2*2-1(3)4/h5-6H,3-4H2,1-2H3;2*(H2,2,3,4). The molecule has 0 aliphatic rings. The topological polar surface area (TPSA) is 145 Å². The molecular formula is C7H16O8. The fourth-order valence-electron chi connectivity index (χ4n) is 0.438. The Labute approximate surface area is 86.3 Å². The summed E-state index contributed by atoms with van der Waals surface area (Å²) in [5.41, 5.74) is 0. The molecule has 0 saturated heterocycles. The first-order valence-electron chi connectivity index (χ1n) is 3.95. The van der Waals surface area contributed by atoms with Gasteiger partial charge in [-0.1, -0.05) is 13.8 Å². The van der Waals surface area contributed by atoms with Crippen molar-refractivity contribution in [2.75, 3.05) is 0 Å². The molecule has 0 spiro atoms. The van der Waals surface area contributed by atoms with E-state index in [0.29, 0.717) is 0 Å². The summed E-state index contributed by atoms with van der Waals surface area (Å²) in [4.78, 5) is 21.2. The second kappa shape index (κ2) is 15.0. The maximum Gasteiger partial charge on any atom is 0.503 e. The van der Waals surface area contributed by atoms with Gasteiger partial charge in [-0.05, 0) is 12.8 Å². The third-order valence-electron chi connectivity index (χ3n) is 1.06. The molecule has 0 aliphatic heterocycles. The van der Waals surface area contributed by atoms with E-state index in [-0.39, 0.29) is 6.10 Å². The highest BCUT2D eigenvalue weighted by Gasteiger charge is 1.98. The third kappa shape index (κ3) is 68.5. The minimum absolute atomic E-state index is 0.0417. The SMILES string of the molecule is CCC(CC)OO.O=C(O)O.O=C(O)O. The first kappa shape index (κ1) is 19.1. The molecule has 8 nitrogen and oxygen atoms in total. The highest BCUT2D eigenvalue weighted by molar-refractivity contribution is 5.53. The third-order valence-corrected chi connectivity index (χ3v) is 1.06. The van der Waals surface area contributed by atoms with Crippen molar-refractivity contribution in [1.29, 1.82) is 0 Å². The lowest BCUT2D eigenvalue weighted by molar-refractivity contribution is -0.279. The van der Waals surface area contributed by atoms with Gasteiger partial charge in [0.05, 0.1) is 6.10 Å². The molecular weight excluding hydrogens is 212 g/mol. The number of rotatable bonds is 3. The fourth-order valence-corrected chi connectivity index (χ4v) is 0.438. The molecule has 8 heteroatoms. The molecule has 0 aromatic heterocycles. The summed E-state index contributed by atoms with van der Waals surface area (Å²) in [5.74, 6) is 0. The van der Waals surface area contributed by atoms with Crippen molar-refractivity contribution in [3.05, 3.63) is 0 Å². The van der Waals surface area contributed by atoms with E-state index < -0.39 is 12.3 Å². The summed E-state index contributed by atoms with van der Waals surface area (Å²) in [5, 5.41) is 35.9. The Bertz CT molecular complexity index is 128. The van der Waals surface area contributed by atoms with Crippen LogP contribution in [0.25, 0.3) is 0 Å². The van der Waals surface area contributed by atoms with Gasteiger partial charge in [-0.3, -0.25) is 5.26 Å². The smallest absolute Gasteiger partial charge is 0.450 e. The average Bonchev–Trinajstić information content (AvgIpc) is 2.05. The Kier molecular flexibility index (Phi) is 19.0. The zero-order chi connectivity index (χ0) is 12.9. The molecule has 92 valence electrons. The molecule has 15 heavy (non-hydrogen) atoms. The van der Waals surface area contributed by atoms with E-state index in [1.54, 1.807) is 0 Å². The zero-order valence-corrected chi connectivity index (χ0v) is 8.45. The maximum atomic E-state index is 8.56. The molecule has 0 rings (SSSR count). The van der Waals surface area contributed by atoms with Crippen LogP contribution in [0.4, 0.5) is 9.59 Å². The van der Waals surface area contributed by atoms with Crippen molar-refractivity contribution >= 4 is 12.3 Å². The monoisotopic (exact) mass is 228 g/mol. The number of hydrogen-bond donors (Lipinski definition) is 5. The first-order valence-corrected chi connectivity index (χ1v) is 3.95. The van der Waals surface area contributed by atoms with Gasteiger partial charge >= 0.3 is 12.3 Å². The predicted octanol–water partition coefficient (Wildman–Crippen LogP) is 2.11. The molecule has 0 atom stereocenters. The van der Waals surface area contributed by atoms with Gasteiger partial charge < -0.3 is 20.4 Å². The first-order chi connectivity index (χ1) is 6.81. The second-order valence-electron chi connectivity index (χ2n) is 2.11. The van der Waals surface area contributed by atoms with Gasteiger partial charge in [0.1, 0.15) is 0 Å². The highest BCUT2D eigenvalue weighted by atomic mass is 17.1. The van der Waals surface area contributed by atoms with E-state index in [1.165, 1.54) is 0 Å². The zero-order valence-electron chi connectivity index (χ0n) is 8.45.